The summed E-state index contributed by atoms with van der Waals surface area (Å²) in [7, 11) is 2.14. The summed E-state index contributed by atoms with van der Waals surface area (Å²) in [5, 5.41) is 0.767. The van der Waals surface area contributed by atoms with Crippen molar-refractivity contribution in [3.8, 4) is 0 Å². The number of hydrogen-bond donors (Lipinski definition) is 1. The Morgan fingerprint density at radius 3 is 2.74 bits per heavy atom. The highest BCUT2D eigenvalue weighted by Crippen LogP contribution is 2.23. The van der Waals surface area contributed by atoms with E-state index < -0.39 is 0 Å². The maximum atomic E-state index is 5.94. The molecule has 4 heteroatoms. The van der Waals surface area contributed by atoms with Crippen LogP contribution in [0.5, 0.6) is 0 Å². The maximum absolute atomic E-state index is 5.94. The Kier molecular flexibility index (Phi) is 5.64. The molecule has 0 spiro atoms. The lowest BCUT2D eigenvalue weighted by molar-refractivity contribution is 0.0365. The summed E-state index contributed by atoms with van der Waals surface area (Å²) in [5.41, 5.74) is 7.17. The Hall–Kier alpha value is -0.610. The number of benzene rings is 1. The maximum Gasteiger partial charge on any atom is 0.0506 e. The molecule has 2 atom stereocenters. The number of ether oxygens (including phenoxy) is 1. The number of rotatable bonds is 5. The van der Waals surface area contributed by atoms with Crippen LogP contribution in [0.25, 0.3) is 0 Å². The quantitative estimate of drug-likeness (QED) is 0.902. The van der Waals surface area contributed by atoms with Gasteiger partial charge in [0.2, 0.25) is 0 Å². The van der Waals surface area contributed by atoms with Crippen molar-refractivity contribution in [2.24, 2.45) is 11.7 Å². The summed E-state index contributed by atoms with van der Waals surface area (Å²) < 4.78 is 5.54. The van der Waals surface area contributed by atoms with Gasteiger partial charge in [0.25, 0.3) is 0 Å². The molecule has 0 radical (unpaired) electrons. The molecule has 106 valence electrons. The van der Waals surface area contributed by atoms with Gasteiger partial charge in [0.05, 0.1) is 6.61 Å². The molecule has 1 saturated heterocycles. The van der Waals surface area contributed by atoms with E-state index in [4.69, 9.17) is 22.1 Å². The van der Waals surface area contributed by atoms with E-state index in [2.05, 4.69) is 24.1 Å². The zero-order valence-electron chi connectivity index (χ0n) is 11.5. The lowest BCUT2D eigenvalue weighted by Gasteiger charge is -2.32. The summed E-state index contributed by atoms with van der Waals surface area (Å²) in [4.78, 5) is 2.34. The van der Waals surface area contributed by atoms with E-state index in [1.165, 1.54) is 18.4 Å². The Morgan fingerprint density at radius 2 is 2.16 bits per heavy atom. The minimum atomic E-state index is 0.249. The van der Waals surface area contributed by atoms with Crippen molar-refractivity contribution in [2.75, 3.05) is 33.4 Å². The number of nitrogens with zero attached hydrogens (tertiary/aromatic N) is 1. The third kappa shape index (κ3) is 4.18. The summed E-state index contributed by atoms with van der Waals surface area (Å²) in [6, 6.07) is 8.23. The number of nitrogens with two attached hydrogens (primary N) is 1. The molecule has 0 amide bonds. The van der Waals surface area contributed by atoms with Gasteiger partial charge < -0.3 is 10.5 Å². The molecule has 0 aliphatic carbocycles. The van der Waals surface area contributed by atoms with Crippen molar-refractivity contribution in [1.29, 1.82) is 0 Å². The zero-order valence-corrected chi connectivity index (χ0v) is 12.3. The van der Waals surface area contributed by atoms with E-state index in [-0.39, 0.29) is 6.04 Å². The minimum Gasteiger partial charge on any atom is -0.381 e. The number of likely N-dealkylation sites (N-methyl/N-ethyl adjacent to an activating group) is 1. The van der Waals surface area contributed by atoms with Crippen molar-refractivity contribution in [2.45, 2.75) is 18.9 Å². The number of hydrogen-bond acceptors (Lipinski definition) is 3. The number of halogens is 1. The second-order valence-corrected chi connectivity index (χ2v) is 5.76. The molecule has 0 saturated carbocycles. The molecule has 1 heterocycles. The van der Waals surface area contributed by atoms with Crippen molar-refractivity contribution in [3.05, 3.63) is 34.9 Å². The molecule has 0 aromatic heterocycles. The Morgan fingerprint density at radius 1 is 1.42 bits per heavy atom. The van der Waals surface area contributed by atoms with Gasteiger partial charge in [-0.1, -0.05) is 23.7 Å². The predicted molar refractivity (Wildman–Crippen MR) is 79.4 cm³/mol. The van der Waals surface area contributed by atoms with Crippen LogP contribution in [0.15, 0.2) is 24.3 Å². The first-order valence-electron chi connectivity index (χ1n) is 6.94. The van der Waals surface area contributed by atoms with Gasteiger partial charge in [-0.3, -0.25) is 4.90 Å². The predicted octanol–water partition coefficient (Wildman–Crippen LogP) is 2.70. The van der Waals surface area contributed by atoms with Crippen LogP contribution in [0.4, 0.5) is 0 Å². The van der Waals surface area contributed by atoms with Crippen molar-refractivity contribution in [1.82, 2.24) is 4.90 Å². The molecule has 2 rings (SSSR count). The van der Waals surface area contributed by atoms with Crippen LogP contribution >= 0.6 is 11.6 Å². The fourth-order valence-corrected chi connectivity index (χ4v) is 2.87. The first kappa shape index (κ1) is 14.8. The standard InChI is InChI=1S/C15H23ClN2O/c1-18(10-12-3-2-8-19-11-12)15(9-17)13-4-6-14(16)7-5-13/h4-7,12,15H,2-3,8-11,17H2,1H3. The summed E-state index contributed by atoms with van der Waals surface area (Å²) in [6.45, 7) is 3.44. The molecule has 0 bridgehead atoms. The molecule has 1 aliphatic heterocycles. The highest BCUT2D eigenvalue weighted by Gasteiger charge is 2.21. The van der Waals surface area contributed by atoms with Gasteiger partial charge in [-0.2, -0.15) is 0 Å². The van der Waals surface area contributed by atoms with Gasteiger partial charge in [0, 0.05) is 30.8 Å². The monoisotopic (exact) mass is 282 g/mol. The molecule has 19 heavy (non-hydrogen) atoms. The van der Waals surface area contributed by atoms with E-state index in [1.807, 2.05) is 12.1 Å². The minimum absolute atomic E-state index is 0.249. The average Bonchev–Trinajstić information content (AvgIpc) is 2.43. The normalized spacial score (nSPS) is 21.6. The Bertz CT molecular complexity index is 376. The van der Waals surface area contributed by atoms with Crippen LogP contribution in [0, 0.1) is 5.92 Å². The second-order valence-electron chi connectivity index (χ2n) is 5.33. The highest BCUT2D eigenvalue weighted by atomic mass is 35.5. The van der Waals surface area contributed by atoms with E-state index in [0.29, 0.717) is 12.5 Å². The zero-order chi connectivity index (χ0) is 13.7. The lowest BCUT2D eigenvalue weighted by Crippen LogP contribution is -2.36. The topological polar surface area (TPSA) is 38.5 Å². The molecule has 2 N–H and O–H groups in total. The third-order valence-corrected chi connectivity index (χ3v) is 4.06. The van der Waals surface area contributed by atoms with Crippen LogP contribution in [0.2, 0.25) is 5.02 Å². The molecule has 2 unspecified atom stereocenters. The van der Waals surface area contributed by atoms with Gasteiger partial charge in [0.1, 0.15) is 0 Å². The van der Waals surface area contributed by atoms with Crippen LogP contribution in [0.3, 0.4) is 0 Å². The smallest absolute Gasteiger partial charge is 0.0506 e. The van der Waals surface area contributed by atoms with Gasteiger partial charge in [-0.05, 0) is 43.5 Å². The Balaban J connectivity index is 1.97. The van der Waals surface area contributed by atoms with Gasteiger partial charge in [-0.15, -0.1) is 0 Å². The molecular weight excluding hydrogens is 260 g/mol. The fourth-order valence-electron chi connectivity index (χ4n) is 2.74. The summed E-state index contributed by atoms with van der Waals surface area (Å²) >= 11 is 5.93. The van der Waals surface area contributed by atoms with E-state index >= 15 is 0 Å². The second kappa shape index (κ2) is 7.25. The molecule has 1 aromatic rings. The highest BCUT2D eigenvalue weighted by molar-refractivity contribution is 6.30. The molecular formula is C15H23ClN2O. The van der Waals surface area contributed by atoms with Crippen molar-refractivity contribution in [3.63, 3.8) is 0 Å². The summed E-state index contributed by atoms with van der Waals surface area (Å²) in [6.07, 6.45) is 2.43. The third-order valence-electron chi connectivity index (χ3n) is 3.81. The lowest BCUT2D eigenvalue weighted by atomic mass is 9.99. The van der Waals surface area contributed by atoms with Crippen LogP contribution < -0.4 is 5.73 Å². The molecule has 1 aliphatic rings. The van der Waals surface area contributed by atoms with E-state index in [9.17, 15) is 0 Å². The van der Waals surface area contributed by atoms with Crippen LogP contribution in [-0.4, -0.2) is 38.3 Å². The first-order valence-corrected chi connectivity index (χ1v) is 7.32. The summed E-state index contributed by atoms with van der Waals surface area (Å²) in [5.74, 6) is 0.625. The first-order chi connectivity index (χ1) is 9.20. The van der Waals surface area contributed by atoms with Crippen LogP contribution in [0.1, 0.15) is 24.4 Å². The van der Waals surface area contributed by atoms with Crippen LogP contribution in [-0.2, 0) is 4.74 Å². The van der Waals surface area contributed by atoms with Gasteiger partial charge >= 0.3 is 0 Å². The molecule has 1 fully saturated rings. The van der Waals surface area contributed by atoms with Gasteiger partial charge in [0.15, 0.2) is 0 Å². The van der Waals surface area contributed by atoms with E-state index in [1.54, 1.807) is 0 Å². The largest absolute Gasteiger partial charge is 0.381 e. The molecule has 3 nitrogen and oxygen atoms in total. The molecule has 1 aromatic carbocycles. The van der Waals surface area contributed by atoms with Crippen molar-refractivity contribution >= 4 is 11.6 Å². The van der Waals surface area contributed by atoms with Gasteiger partial charge in [-0.25, -0.2) is 0 Å². The Labute approximate surface area is 120 Å². The van der Waals surface area contributed by atoms with Crippen molar-refractivity contribution < 1.29 is 4.74 Å². The van der Waals surface area contributed by atoms with E-state index in [0.717, 1.165) is 24.8 Å². The SMILES string of the molecule is CN(CC1CCCOC1)C(CN)c1ccc(Cl)cc1. The fraction of sp³-hybridized carbons (Fsp3) is 0.600. The average molecular weight is 283 g/mol.